The van der Waals surface area contributed by atoms with Crippen molar-refractivity contribution >= 4 is 5.69 Å². The fourth-order valence-corrected chi connectivity index (χ4v) is 2.22. The van der Waals surface area contributed by atoms with Crippen molar-refractivity contribution in [1.82, 2.24) is 0 Å². The molecule has 0 aliphatic carbocycles. The molecule has 0 saturated heterocycles. The Kier molecular flexibility index (Phi) is 4.48. The third kappa shape index (κ3) is 2.86. The van der Waals surface area contributed by atoms with Crippen LogP contribution in [0.1, 0.15) is 5.56 Å². The molecular formula is C16H20N2O2. The molecule has 0 aliphatic heterocycles. The number of nitrogen functional groups attached to an aromatic ring is 1. The van der Waals surface area contributed by atoms with Crippen molar-refractivity contribution in [2.24, 2.45) is 5.73 Å². The molecule has 4 nitrogen and oxygen atoms in total. The lowest BCUT2D eigenvalue weighted by molar-refractivity contribution is 0.410. The standard InChI is InChI=1S/C16H20N2O2/c1-19-15-6-3-11(7-8-17)9-14(15)13-5-4-12(18)10-16(13)20-2/h3-6,9-10H,7-8,17-18H2,1-2H3. The molecule has 2 aromatic carbocycles. The highest BCUT2D eigenvalue weighted by Crippen LogP contribution is 2.38. The molecule has 0 fully saturated rings. The molecular weight excluding hydrogens is 252 g/mol. The predicted molar refractivity (Wildman–Crippen MR) is 82.2 cm³/mol. The van der Waals surface area contributed by atoms with E-state index in [1.165, 1.54) is 5.56 Å². The molecule has 4 heteroatoms. The van der Waals surface area contributed by atoms with Crippen molar-refractivity contribution in [3.05, 3.63) is 42.0 Å². The minimum atomic E-state index is 0.616. The summed E-state index contributed by atoms with van der Waals surface area (Å²) in [4.78, 5) is 0. The number of methoxy groups -OCH3 is 2. The molecule has 0 aromatic heterocycles. The molecule has 0 spiro atoms. The largest absolute Gasteiger partial charge is 0.496 e. The summed E-state index contributed by atoms with van der Waals surface area (Å²) in [5.41, 5.74) is 15.2. The van der Waals surface area contributed by atoms with Gasteiger partial charge in [0.15, 0.2) is 0 Å². The van der Waals surface area contributed by atoms with Crippen LogP contribution in [0.25, 0.3) is 11.1 Å². The number of benzene rings is 2. The Bertz CT molecular complexity index is 597. The third-order valence-electron chi connectivity index (χ3n) is 3.21. The van der Waals surface area contributed by atoms with E-state index in [1.54, 1.807) is 14.2 Å². The molecule has 0 heterocycles. The predicted octanol–water partition coefficient (Wildman–Crippen LogP) is 2.45. The highest BCUT2D eigenvalue weighted by atomic mass is 16.5. The summed E-state index contributed by atoms with van der Waals surface area (Å²) in [6, 6.07) is 11.7. The lowest BCUT2D eigenvalue weighted by Gasteiger charge is -2.14. The molecule has 4 N–H and O–H groups in total. The van der Waals surface area contributed by atoms with Crippen LogP contribution in [-0.4, -0.2) is 20.8 Å². The maximum atomic E-state index is 5.80. The first kappa shape index (κ1) is 14.2. The Morgan fingerprint density at radius 2 is 1.65 bits per heavy atom. The highest BCUT2D eigenvalue weighted by molar-refractivity contribution is 5.78. The van der Waals surface area contributed by atoms with Crippen LogP contribution in [-0.2, 0) is 6.42 Å². The smallest absolute Gasteiger partial charge is 0.128 e. The van der Waals surface area contributed by atoms with Gasteiger partial charge < -0.3 is 20.9 Å². The topological polar surface area (TPSA) is 70.5 Å². The van der Waals surface area contributed by atoms with Crippen LogP contribution in [0.4, 0.5) is 5.69 Å². The average molecular weight is 272 g/mol. The van der Waals surface area contributed by atoms with Crippen LogP contribution in [0.3, 0.4) is 0 Å². The van der Waals surface area contributed by atoms with Crippen LogP contribution < -0.4 is 20.9 Å². The minimum absolute atomic E-state index is 0.616. The maximum absolute atomic E-state index is 5.80. The molecule has 0 radical (unpaired) electrons. The number of hydrogen-bond acceptors (Lipinski definition) is 4. The van der Waals surface area contributed by atoms with Crippen molar-refractivity contribution in [3.63, 3.8) is 0 Å². The molecule has 0 atom stereocenters. The summed E-state index contributed by atoms with van der Waals surface area (Å²) >= 11 is 0. The molecule has 0 saturated carbocycles. The lowest BCUT2D eigenvalue weighted by atomic mass is 9.99. The fourth-order valence-electron chi connectivity index (χ4n) is 2.22. The number of anilines is 1. The zero-order valence-corrected chi connectivity index (χ0v) is 11.8. The van der Waals surface area contributed by atoms with Crippen molar-refractivity contribution < 1.29 is 9.47 Å². The van der Waals surface area contributed by atoms with Crippen molar-refractivity contribution in [1.29, 1.82) is 0 Å². The lowest BCUT2D eigenvalue weighted by Crippen LogP contribution is -2.03. The fraction of sp³-hybridized carbons (Fsp3) is 0.250. The molecule has 0 bridgehead atoms. The van der Waals surface area contributed by atoms with E-state index in [0.29, 0.717) is 12.2 Å². The number of nitrogens with two attached hydrogens (primary N) is 2. The highest BCUT2D eigenvalue weighted by Gasteiger charge is 2.12. The first-order valence-electron chi connectivity index (χ1n) is 6.50. The van der Waals surface area contributed by atoms with Crippen molar-refractivity contribution in [2.75, 3.05) is 26.5 Å². The first-order valence-corrected chi connectivity index (χ1v) is 6.50. The van der Waals surface area contributed by atoms with Crippen LogP contribution in [0, 0.1) is 0 Å². The van der Waals surface area contributed by atoms with Gasteiger partial charge in [-0.3, -0.25) is 0 Å². The van der Waals surface area contributed by atoms with E-state index in [9.17, 15) is 0 Å². The Morgan fingerprint density at radius 1 is 0.900 bits per heavy atom. The molecule has 2 aromatic rings. The summed E-state index contributed by atoms with van der Waals surface area (Å²) in [5, 5.41) is 0. The van der Waals surface area contributed by atoms with E-state index in [2.05, 4.69) is 6.07 Å². The van der Waals surface area contributed by atoms with Crippen LogP contribution in [0.2, 0.25) is 0 Å². The van der Waals surface area contributed by atoms with E-state index in [4.69, 9.17) is 20.9 Å². The second kappa shape index (κ2) is 6.30. The SMILES string of the molecule is COc1cc(N)ccc1-c1cc(CCN)ccc1OC. The summed E-state index contributed by atoms with van der Waals surface area (Å²) in [5.74, 6) is 1.53. The van der Waals surface area contributed by atoms with E-state index >= 15 is 0 Å². The Labute approximate surface area is 119 Å². The average Bonchev–Trinajstić information content (AvgIpc) is 2.47. The van der Waals surface area contributed by atoms with Gasteiger partial charge in [0.25, 0.3) is 0 Å². The van der Waals surface area contributed by atoms with Crippen LogP contribution >= 0.6 is 0 Å². The second-order valence-corrected chi connectivity index (χ2v) is 4.53. The summed E-state index contributed by atoms with van der Waals surface area (Å²) in [6.07, 6.45) is 0.828. The van der Waals surface area contributed by atoms with Gasteiger partial charge in [0.2, 0.25) is 0 Å². The van der Waals surface area contributed by atoms with E-state index < -0.39 is 0 Å². The first-order chi connectivity index (χ1) is 9.69. The monoisotopic (exact) mass is 272 g/mol. The normalized spacial score (nSPS) is 10.3. The number of ether oxygens (including phenoxy) is 2. The molecule has 106 valence electrons. The second-order valence-electron chi connectivity index (χ2n) is 4.53. The quantitative estimate of drug-likeness (QED) is 0.820. The van der Waals surface area contributed by atoms with Gasteiger partial charge in [-0.2, -0.15) is 0 Å². The van der Waals surface area contributed by atoms with Crippen LogP contribution in [0.15, 0.2) is 36.4 Å². The zero-order chi connectivity index (χ0) is 14.5. The van der Waals surface area contributed by atoms with E-state index in [-0.39, 0.29) is 0 Å². The Morgan fingerprint density at radius 3 is 2.30 bits per heavy atom. The van der Waals surface area contributed by atoms with Crippen molar-refractivity contribution in [3.8, 4) is 22.6 Å². The van der Waals surface area contributed by atoms with Crippen LogP contribution in [0.5, 0.6) is 11.5 Å². The summed E-state index contributed by atoms with van der Waals surface area (Å²) in [6.45, 7) is 0.616. The van der Waals surface area contributed by atoms with E-state index in [0.717, 1.165) is 29.0 Å². The minimum Gasteiger partial charge on any atom is -0.496 e. The number of rotatable bonds is 5. The van der Waals surface area contributed by atoms with Gasteiger partial charge in [-0.05, 0) is 42.8 Å². The van der Waals surface area contributed by atoms with Gasteiger partial charge in [-0.15, -0.1) is 0 Å². The van der Waals surface area contributed by atoms with Gasteiger partial charge in [0.05, 0.1) is 14.2 Å². The van der Waals surface area contributed by atoms with Gasteiger partial charge in [0, 0.05) is 22.9 Å². The van der Waals surface area contributed by atoms with Gasteiger partial charge in [-0.1, -0.05) is 6.07 Å². The molecule has 20 heavy (non-hydrogen) atoms. The third-order valence-corrected chi connectivity index (χ3v) is 3.21. The van der Waals surface area contributed by atoms with Crippen molar-refractivity contribution in [2.45, 2.75) is 6.42 Å². The maximum Gasteiger partial charge on any atom is 0.128 e. The van der Waals surface area contributed by atoms with E-state index in [1.807, 2.05) is 30.3 Å². The molecule has 0 aliphatic rings. The van der Waals surface area contributed by atoms with Gasteiger partial charge in [0.1, 0.15) is 11.5 Å². The Balaban J connectivity index is 2.57. The molecule has 0 unspecified atom stereocenters. The Hall–Kier alpha value is -2.20. The number of hydrogen-bond donors (Lipinski definition) is 2. The van der Waals surface area contributed by atoms with Gasteiger partial charge >= 0.3 is 0 Å². The zero-order valence-electron chi connectivity index (χ0n) is 11.8. The summed E-state index contributed by atoms with van der Waals surface area (Å²) < 4.78 is 10.9. The molecule has 2 rings (SSSR count). The van der Waals surface area contributed by atoms with Gasteiger partial charge in [-0.25, -0.2) is 0 Å². The summed E-state index contributed by atoms with van der Waals surface area (Å²) in [7, 11) is 3.29. The molecule has 0 amide bonds.